The summed E-state index contributed by atoms with van der Waals surface area (Å²) in [6, 6.07) is 5.81. The molecule has 1 aromatic carbocycles. The van der Waals surface area contributed by atoms with Crippen LogP contribution < -0.4 is 20.5 Å². The van der Waals surface area contributed by atoms with Gasteiger partial charge in [-0.05, 0) is 37.6 Å². The number of guanidine groups is 1. The van der Waals surface area contributed by atoms with Gasteiger partial charge in [-0.1, -0.05) is 6.07 Å². The van der Waals surface area contributed by atoms with Crippen molar-refractivity contribution >= 4 is 5.96 Å². The second kappa shape index (κ2) is 10.8. The number of aliphatic imine (C=N–C) groups is 1. The molecule has 7 nitrogen and oxygen atoms in total. The maximum atomic E-state index is 5.94. The van der Waals surface area contributed by atoms with Crippen molar-refractivity contribution in [2.24, 2.45) is 10.7 Å². The summed E-state index contributed by atoms with van der Waals surface area (Å²) in [5, 5.41) is 3.17. The minimum Gasteiger partial charge on any atom is -0.493 e. The number of nitrogens with one attached hydrogen (secondary N) is 1. The number of ether oxygens (including phenoxy) is 3. The molecule has 0 atom stereocenters. The Morgan fingerprint density at radius 2 is 2.12 bits per heavy atom. The van der Waals surface area contributed by atoms with Crippen LogP contribution in [0.1, 0.15) is 18.9 Å². The van der Waals surface area contributed by atoms with Crippen molar-refractivity contribution in [2.45, 2.75) is 19.9 Å². The van der Waals surface area contributed by atoms with Gasteiger partial charge in [0.2, 0.25) is 0 Å². The summed E-state index contributed by atoms with van der Waals surface area (Å²) < 4.78 is 16.2. The first-order valence-electron chi connectivity index (χ1n) is 8.86. The quantitative estimate of drug-likeness (QED) is 0.396. The molecule has 0 aliphatic carbocycles. The summed E-state index contributed by atoms with van der Waals surface area (Å²) in [4.78, 5) is 6.79. The van der Waals surface area contributed by atoms with Crippen molar-refractivity contribution in [3.63, 3.8) is 0 Å². The van der Waals surface area contributed by atoms with Gasteiger partial charge in [0.25, 0.3) is 0 Å². The van der Waals surface area contributed by atoms with Crippen LogP contribution in [0.15, 0.2) is 23.2 Å². The van der Waals surface area contributed by atoms with Crippen LogP contribution in [0.2, 0.25) is 0 Å². The molecule has 3 N–H and O–H groups in total. The number of nitrogens with two attached hydrogens (primary N) is 1. The van der Waals surface area contributed by atoms with E-state index in [0.29, 0.717) is 24.9 Å². The van der Waals surface area contributed by atoms with Crippen LogP contribution in [0.25, 0.3) is 0 Å². The fourth-order valence-electron chi connectivity index (χ4n) is 2.66. The van der Waals surface area contributed by atoms with Gasteiger partial charge in [0.1, 0.15) is 0 Å². The predicted molar refractivity (Wildman–Crippen MR) is 99.4 cm³/mol. The van der Waals surface area contributed by atoms with Crippen LogP contribution in [0.3, 0.4) is 0 Å². The molecular weight excluding hydrogens is 320 g/mol. The number of nitrogens with zero attached hydrogens (tertiary/aromatic N) is 2. The van der Waals surface area contributed by atoms with Gasteiger partial charge in [-0.2, -0.15) is 0 Å². The molecule has 0 saturated carbocycles. The van der Waals surface area contributed by atoms with Crippen molar-refractivity contribution in [2.75, 3.05) is 53.1 Å². The number of methoxy groups -OCH3 is 1. The third kappa shape index (κ3) is 6.80. The highest BCUT2D eigenvalue weighted by atomic mass is 16.5. The van der Waals surface area contributed by atoms with Crippen LogP contribution in [-0.2, 0) is 11.3 Å². The van der Waals surface area contributed by atoms with E-state index in [-0.39, 0.29) is 0 Å². The summed E-state index contributed by atoms with van der Waals surface area (Å²) >= 11 is 0. The largest absolute Gasteiger partial charge is 0.493 e. The van der Waals surface area contributed by atoms with E-state index in [2.05, 4.69) is 15.2 Å². The van der Waals surface area contributed by atoms with E-state index in [9.17, 15) is 0 Å². The van der Waals surface area contributed by atoms with Gasteiger partial charge >= 0.3 is 0 Å². The minimum absolute atomic E-state index is 0.467. The normalized spacial score (nSPS) is 15.8. The zero-order valence-corrected chi connectivity index (χ0v) is 15.3. The molecular formula is C18H30N4O3. The SMILES string of the molecule is CCOc1ccc(CN=C(N)NCCCN2CCOCC2)cc1OC. The maximum absolute atomic E-state index is 5.94. The molecule has 1 fully saturated rings. The van der Waals surface area contributed by atoms with Gasteiger partial charge in [-0.15, -0.1) is 0 Å². The zero-order valence-electron chi connectivity index (χ0n) is 15.3. The first-order valence-corrected chi connectivity index (χ1v) is 8.86. The number of hydrogen-bond acceptors (Lipinski definition) is 5. The number of rotatable bonds is 9. The van der Waals surface area contributed by atoms with Crippen molar-refractivity contribution < 1.29 is 14.2 Å². The van der Waals surface area contributed by atoms with Crippen LogP contribution in [0, 0.1) is 0 Å². The molecule has 0 unspecified atom stereocenters. The highest BCUT2D eigenvalue weighted by molar-refractivity contribution is 5.77. The Bertz CT molecular complexity index is 545. The Morgan fingerprint density at radius 3 is 2.84 bits per heavy atom. The molecule has 25 heavy (non-hydrogen) atoms. The predicted octanol–water partition coefficient (Wildman–Crippen LogP) is 1.22. The molecule has 1 aliphatic rings. The molecule has 0 bridgehead atoms. The summed E-state index contributed by atoms with van der Waals surface area (Å²) in [6.07, 6.45) is 1.03. The van der Waals surface area contributed by atoms with Gasteiger partial charge in [0.15, 0.2) is 17.5 Å². The lowest BCUT2D eigenvalue weighted by atomic mass is 10.2. The summed E-state index contributed by atoms with van der Waals surface area (Å²) in [6.45, 7) is 8.64. The third-order valence-corrected chi connectivity index (χ3v) is 4.02. The Hall–Kier alpha value is -1.99. The maximum Gasteiger partial charge on any atom is 0.188 e. The smallest absolute Gasteiger partial charge is 0.188 e. The lowest BCUT2D eigenvalue weighted by Gasteiger charge is -2.26. The standard InChI is InChI=1S/C18H30N4O3/c1-3-25-16-6-5-15(13-17(16)23-2)14-21-18(19)20-7-4-8-22-9-11-24-12-10-22/h5-6,13H,3-4,7-12,14H2,1-2H3,(H3,19,20,21). The molecule has 1 heterocycles. The monoisotopic (exact) mass is 350 g/mol. The lowest BCUT2D eigenvalue weighted by Crippen LogP contribution is -2.39. The fraction of sp³-hybridized carbons (Fsp3) is 0.611. The van der Waals surface area contributed by atoms with E-state index in [1.165, 1.54) is 0 Å². The zero-order chi connectivity index (χ0) is 17.9. The molecule has 0 amide bonds. The van der Waals surface area contributed by atoms with Crippen LogP contribution in [0.5, 0.6) is 11.5 Å². The summed E-state index contributed by atoms with van der Waals surface area (Å²) in [5.41, 5.74) is 6.96. The molecule has 1 aliphatic heterocycles. The van der Waals surface area contributed by atoms with Crippen molar-refractivity contribution in [3.05, 3.63) is 23.8 Å². The molecule has 0 radical (unpaired) electrons. The summed E-state index contributed by atoms with van der Waals surface area (Å²) in [5.74, 6) is 1.92. The Balaban J connectivity index is 1.72. The topological polar surface area (TPSA) is 81.3 Å². The van der Waals surface area contributed by atoms with Gasteiger partial charge in [0, 0.05) is 19.6 Å². The van der Waals surface area contributed by atoms with E-state index in [1.807, 2.05) is 25.1 Å². The number of morpholine rings is 1. The highest BCUT2D eigenvalue weighted by Gasteiger charge is 2.09. The van der Waals surface area contributed by atoms with E-state index < -0.39 is 0 Å². The average molecular weight is 350 g/mol. The Kier molecular flexibility index (Phi) is 8.34. The molecule has 0 spiro atoms. The average Bonchev–Trinajstić information content (AvgIpc) is 2.65. The molecule has 7 heteroatoms. The molecule has 1 aromatic rings. The first-order chi connectivity index (χ1) is 12.2. The van der Waals surface area contributed by atoms with E-state index in [1.54, 1.807) is 7.11 Å². The van der Waals surface area contributed by atoms with E-state index in [0.717, 1.165) is 57.1 Å². The molecule has 0 aromatic heterocycles. The van der Waals surface area contributed by atoms with Gasteiger partial charge in [-0.25, -0.2) is 4.99 Å². The van der Waals surface area contributed by atoms with Gasteiger partial charge < -0.3 is 25.3 Å². The number of hydrogen-bond donors (Lipinski definition) is 2. The fourth-order valence-corrected chi connectivity index (χ4v) is 2.66. The highest BCUT2D eigenvalue weighted by Crippen LogP contribution is 2.28. The van der Waals surface area contributed by atoms with E-state index in [4.69, 9.17) is 19.9 Å². The first kappa shape index (κ1) is 19.3. The van der Waals surface area contributed by atoms with Crippen LogP contribution >= 0.6 is 0 Å². The van der Waals surface area contributed by atoms with Gasteiger partial charge in [0.05, 0.1) is 33.5 Å². The Labute approximate surface area is 150 Å². The third-order valence-electron chi connectivity index (χ3n) is 4.02. The van der Waals surface area contributed by atoms with Crippen molar-refractivity contribution in [1.29, 1.82) is 0 Å². The second-order valence-electron chi connectivity index (χ2n) is 5.85. The van der Waals surface area contributed by atoms with Gasteiger partial charge in [-0.3, -0.25) is 4.90 Å². The van der Waals surface area contributed by atoms with Crippen molar-refractivity contribution in [1.82, 2.24) is 10.2 Å². The van der Waals surface area contributed by atoms with E-state index >= 15 is 0 Å². The van der Waals surface area contributed by atoms with Crippen molar-refractivity contribution in [3.8, 4) is 11.5 Å². The lowest BCUT2D eigenvalue weighted by molar-refractivity contribution is 0.0376. The molecule has 1 saturated heterocycles. The molecule has 2 rings (SSSR count). The molecule has 140 valence electrons. The Morgan fingerprint density at radius 1 is 1.32 bits per heavy atom. The minimum atomic E-state index is 0.467. The van der Waals surface area contributed by atoms with Crippen LogP contribution in [0.4, 0.5) is 0 Å². The van der Waals surface area contributed by atoms with Crippen LogP contribution in [-0.4, -0.2) is 64.0 Å². The second-order valence-corrected chi connectivity index (χ2v) is 5.85. The summed E-state index contributed by atoms with van der Waals surface area (Å²) in [7, 11) is 1.63. The number of benzene rings is 1.